The molecule has 1 aromatic carbocycles. The highest BCUT2D eigenvalue weighted by atomic mass is 35.5. The van der Waals surface area contributed by atoms with Crippen LogP contribution in [0.3, 0.4) is 0 Å². The van der Waals surface area contributed by atoms with Gasteiger partial charge in [0, 0.05) is 12.6 Å². The van der Waals surface area contributed by atoms with Gasteiger partial charge in [-0.2, -0.15) is 0 Å². The second kappa shape index (κ2) is 6.46. The van der Waals surface area contributed by atoms with E-state index in [2.05, 4.69) is 5.32 Å². The highest BCUT2D eigenvalue weighted by Gasteiger charge is 2.20. The van der Waals surface area contributed by atoms with Crippen molar-refractivity contribution < 1.29 is 9.59 Å². The Morgan fingerprint density at radius 2 is 1.85 bits per heavy atom. The van der Waals surface area contributed by atoms with Gasteiger partial charge in [-0.1, -0.05) is 29.3 Å². The van der Waals surface area contributed by atoms with Crippen molar-refractivity contribution in [2.45, 2.75) is 26.3 Å². The van der Waals surface area contributed by atoms with E-state index in [-0.39, 0.29) is 34.5 Å². The smallest absolute Gasteiger partial charge is 0.255 e. The average Bonchev–Trinajstić information content (AvgIpc) is 2.29. The van der Waals surface area contributed by atoms with Crippen molar-refractivity contribution in [2.24, 2.45) is 0 Å². The van der Waals surface area contributed by atoms with Crippen LogP contribution in [0.5, 0.6) is 0 Å². The van der Waals surface area contributed by atoms with Crippen LogP contribution in [-0.2, 0) is 4.79 Å². The number of likely N-dealkylation sites (N-methyl/N-ethyl adjacent to an activating group) is 1. The number of carbonyl (C=O) groups is 2. The molecule has 0 saturated heterocycles. The lowest BCUT2D eigenvalue weighted by atomic mass is 10.1. The van der Waals surface area contributed by atoms with E-state index in [1.54, 1.807) is 25.2 Å². The molecule has 0 aromatic heterocycles. The Balaban J connectivity index is 2.77. The first-order valence-electron chi connectivity index (χ1n) is 6.12. The highest BCUT2D eigenvalue weighted by molar-refractivity contribution is 6.43. The molecule has 0 aliphatic rings. The average molecular weight is 317 g/mol. The Hall–Kier alpha value is -1.26. The maximum absolute atomic E-state index is 12.2. The van der Waals surface area contributed by atoms with Gasteiger partial charge in [-0.05, 0) is 32.9 Å². The summed E-state index contributed by atoms with van der Waals surface area (Å²) < 4.78 is 0. The number of halogens is 2. The summed E-state index contributed by atoms with van der Waals surface area (Å²) >= 11 is 11.9. The molecule has 0 saturated carbocycles. The highest BCUT2D eigenvalue weighted by Crippen LogP contribution is 2.26. The fraction of sp³-hybridized carbons (Fsp3) is 0.429. The van der Waals surface area contributed by atoms with E-state index in [1.165, 1.54) is 4.90 Å². The maximum atomic E-state index is 12.2. The van der Waals surface area contributed by atoms with E-state index < -0.39 is 0 Å². The molecular weight excluding hydrogens is 299 g/mol. The van der Waals surface area contributed by atoms with E-state index >= 15 is 0 Å². The van der Waals surface area contributed by atoms with Crippen molar-refractivity contribution >= 4 is 35.0 Å². The number of nitrogens with one attached hydrogen (secondary N) is 1. The third kappa shape index (κ3) is 4.69. The standard InChI is InChI=1S/C14H18Cl2N2O2/c1-14(2,3)17-11(19)8-18(4)13(20)9-6-5-7-10(15)12(9)16/h5-7H,8H2,1-4H3,(H,17,19). The van der Waals surface area contributed by atoms with Crippen molar-refractivity contribution in [2.75, 3.05) is 13.6 Å². The summed E-state index contributed by atoms with van der Waals surface area (Å²) in [6.07, 6.45) is 0. The van der Waals surface area contributed by atoms with Crippen LogP contribution in [0.15, 0.2) is 18.2 Å². The Morgan fingerprint density at radius 3 is 2.40 bits per heavy atom. The molecule has 6 heteroatoms. The number of amides is 2. The van der Waals surface area contributed by atoms with Gasteiger partial charge in [0.2, 0.25) is 5.91 Å². The quantitative estimate of drug-likeness (QED) is 0.932. The normalized spacial score (nSPS) is 11.1. The largest absolute Gasteiger partial charge is 0.350 e. The molecule has 0 radical (unpaired) electrons. The summed E-state index contributed by atoms with van der Waals surface area (Å²) in [4.78, 5) is 25.3. The van der Waals surface area contributed by atoms with Gasteiger partial charge in [-0.3, -0.25) is 9.59 Å². The number of hydrogen-bond acceptors (Lipinski definition) is 2. The van der Waals surface area contributed by atoms with E-state index in [9.17, 15) is 9.59 Å². The first kappa shape index (κ1) is 16.8. The molecule has 0 heterocycles. The van der Waals surface area contributed by atoms with Crippen LogP contribution in [0.1, 0.15) is 31.1 Å². The van der Waals surface area contributed by atoms with Crippen molar-refractivity contribution in [3.63, 3.8) is 0 Å². The van der Waals surface area contributed by atoms with Gasteiger partial charge >= 0.3 is 0 Å². The van der Waals surface area contributed by atoms with Gasteiger partial charge in [-0.15, -0.1) is 0 Å². The summed E-state index contributed by atoms with van der Waals surface area (Å²) in [6, 6.07) is 4.83. The Bertz CT molecular complexity index is 524. The number of hydrogen-bond donors (Lipinski definition) is 1. The molecule has 0 bridgehead atoms. The van der Waals surface area contributed by atoms with Crippen molar-refractivity contribution in [1.82, 2.24) is 10.2 Å². The van der Waals surface area contributed by atoms with E-state index in [0.29, 0.717) is 5.02 Å². The molecule has 0 unspecified atom stereocenters. The van der Waals surface area contributed by atoms with Gasteiger partial charge in [0.05, 0.1) is 22.2 Å². The molecule has 0 atom stereocenters. The molecule has 2 amide bonds. The van der Waals surface area contributed by atoms with Gasteiger partial charge in [0.1, 0.15) is 0 Å². The summed E-state index contributed by atoms with van der Waals surface area (Å²) in [7, 11) is 1.54. The number of benzene rings is 1. The third-order valence-corrected chi connectivity index (χ3v) is 3.24. The van der Waals surface area contributed by atoms with Crippen LogP contribution < -0.4 is 5.32 Å². The van der Waals surface area contributed by atoms with E-state index in [0.717, 1.165) is 0 Å². The van der Waals surface area contributed by atoms with Crippen LogP contribution in [-0.4, -0.2) is 35.8 Å². The SMILES string of the molecule is CN(CC(=O)NC(C)(C)C)C(=O)c1cccc(Cl)c1Cl. The summed E-state index contributed by atoms with van der Waals surface area (Å²) in [6.45, 7) is 5.58. The molecule has 0 aliphatic carbocycles. The molecule has 0 fully saturated rings. The Kier molecular flexibility index (Phi) is 5.42. The van der Waals surface area contributed by atoms with Gasteiger partial charge in [-0.25, -0.2) is 0 Å². The van der Waals surface area contributed by atoms with Crippen molar-refractivity contribution in [1.29, 1.82) is 0 Å². The number of carbonyl (C=O) groups excluding carboxylic acids is 2. The van der Waals surface area contributed by atoms with E-state index in [4.69, 9.17) is 23.2 Å². The minimum atomic E-state index is -0.346. The van der Waals surface area contributed by atoms with Crippen LogP contribution >= 0.6 is 23.2 Å². The predicted octanol–water partition coefficient (Wildman–Crippen LogP) is 2.98. The van der Waals surface area contributed by atoms with Gasteiger partial charge < -0.3 is 10.2 Å². The molecule has 1 rings (SSSR count). The molecule has 4 nitrogen and oxygen atoms in total. The lowest BCUT2D eigenvalue weighted by Crippen LogP contribution is -2.46. The van der Waals surface area contributed by atoms with E-state index in [1.807, 2.05) is 20.8 Å². The van der Waals surface area contributed by atoms with Crippen LogP contribution in [0.25, 0.3) is 0 Å². The zero-order valence-corrected chi connectivity index (χ0v) is 13.5. The van der Waals surface area contributed by atoms with Crippen molar-refractivity contribution in [3.8, 4) is 0 Å². The lowest BCUT2D eigenvalue weighted by Gasteiger charge is -2.23. The molecule has 0 aliphatic heterocycles. The third-order valence-electron chi connectivity index (χ3n) is 2.42. The molecule has 0 spiro atoms. The minimum absolute atomic E-state index is 0.0427. The second-order valence-corrected chi connectivity index (χ2v) is 6.35. The summed E-state index contributed by atoms with van der Waals surface area (Å²) in [5, 5.41) is 3.30. The zero-order valence-electron chi connectivity index (χ0n) is 12.0. The zero-order chi connectivity index (χ0) is 15.5. The monoisotopic (exact) mass is 316 g/mol. The fourth-order valence-electron chi connectivity index (χ4n) is 1.62. The van der Waals surface area contributed by atoms with Crippen LogP contribution in [0.2, 0.25) is 10.0 Å². The van der Waals surface area contributed by atoms with Crippen LogP contribution in [0.4, 0.5) is 0 Å². The van der Waals surface area contributed by atoms with Crippen molar-refractivity contribution in [3.05, 3.63) is 33.8 Å². The molecule has 1 aromatic rings. The predicted molar refractivity (Wildman–Crippen MR) is 81.3 cm³/mol. The minimum Gasteiger partial charge on any atom is -0.350 e. The number of nitrogens with zero attached hydrogens (tertiary/aromatic N) is 1. The first-order chi connectivity index (χ1) is 9.11. The molecule has 1 N–H and O–H groups in total. The van der Waals surface area contributed by atoms with Crippen LogP contribution in [0, 0.1) is 0 Å². The van der Waals surface area contributed by atoms with Gasteiger partial charge in [0.25, 0.3) is 5.91 Å². The Morgan fingerprint density at radius 1 is 1.25 bits per heavy atom. The summed E-state index contributed by atoms with van der Waals surface area (Å²) in [5.41, 5.74) is -0.0560. The van der Waals surface area contributed by atoms with Gasteiger partial charge in [0.15, 0.2) is 0 Å². The molecule has 110 valence electrons. The lowest BCUT2D eigenvalue weighted by molar-refractivity contribution is -0.122. The first-order valence-corrected chi connectivity index (χ1v) is 6.88. The number of rotatable bonds is 3. The fourth-order valence-corrected chi connectivity index (χ4v) is 2.00. The molecular formula is C14H18Cl2N2O2. The maximum Gasteiger partial charge on any atom is 0.255 e. The summed E-state index contributed by atoms with van der Waals surface area (Å²) in [5.74, 6) is -0.576. The molecule has 20 heavy (non-hydrogen) atoms. The second-order valence-electron chi connectivity index (χ2n) is 5.56. The topological polar surface area (TPSA) is 49.4 Å². The Labute approximate surface area is 129 Å².